The molecule has 1 aromatic rings. The molecule has 1 N–H and O–H groups in total. The second-order valence-corrected chi connectivity index (χ2v) is 5.29. The van der Waals surface area contributed by atoms with Gasteiger partial charge in [-0.1, -0.05) is 24.4 Å². The van der Waals surface area contributed by atoms with Crippen molar-refractivity contribution in [2.75, 3.05) is 0 Å². The van der Waals surface area contributed by atoms with Crippen LogP contribution in [0.2, 0.25) is 5.15 Å². The van der Waals surface area contributed by atoms with Crippen molar-refractivity contribution in [1.29, 1.82) is 0 Å². The number of aromatic amines is 1. The molecule has 0 bridgehead atoms. The third-order valence-electron chi connectivity index (χ3n) is 3.40. The van der Waals surface area contributed by atoms with Crippen molar-refractivity contribution in [3.63, 3.8) is 0 Å². The van der Waals surface area contributed by atoms with Crippen molar-refractivity contribution >= 4 is 11.6 Å². The first-order valence-corrected chi connectivity index (χ1v) is 6.44. The summed E-state index contributed by atoms with van der Waals surface area (Å²) in [4.78, 5) is 26.6. The largest absolute Gasteiger partial charge is 0.329 e. The standard InChI is InChI=1S/C12H17ClN2O2/c1-7(2)15-11(16)9(8-5-3-4-6-8)10(13)14-12(15)17/h7-8H,3-6H2,1-2H3,(H,14,17). The average molecular weight is 257 g/mol. The highest BCUT2D eigenvalue weighted by Crippen LogP contribution is 2.34. The van der Waals surface area contributed by atoms with Crippen molar-refractivity contribution < 1.29 is 0 Å². The summed E-state index contributed by atoms with van der Waals surface area (Å²) < 4.78 is 1.25. The van der Waals surface area contributed by atoms with Crippen LogP contribution in [0.5, 0.6) is 0 Å². The first-order valence-electron chi connectivity index (χ1n) is 6.06. The Morgan fingerprint density at radius 2 is 1.88 bits per heavy atom. The Hall–Kier alpha value is -1.03. The second kappa shape index (κ2) is 4.69. The van der Waals surface area contributed by atoms with Gasteiger partial charge in [-0.2, -0.15) is 0 Å². The van der Waals surface area contributed by atoms with E-state index in [1.165, 1.54) is 4.57 Å². The Kier molecular flexibility index (Phi) is 3.43. The summed E-state index contributed by atoms with van der Waals surface area (Å²) in [6.07, 6.45) is 4.22. The molecule has 0 radical (unpaired) electrons. The van der Waals surface area contributed by atoms with Crippen molar-refractivity contribution in [1.82, 2.24) is 9.55 Å². The fourth-order valence-corrected chi connectivity index (χ4v) is 2.89. The highest BCUT2D eigenvalue weighted by molar-refractivity contribution is 6.30. The van der Waals surface area contributed by atoms with Crippen molar-refractivity contribution in [3.05, 3.63) is 31.6 Å². The van der Waals surface area contributed by atoms with Gasteiger partial charge in [-0.25, -0.2) is 4.79 Å². The molecule has 5 heteroatoms. The molecular formula is C12H17ClN2O2. The average Bonchev–Trinajstić information content (AvgIpc) is 2.69. The van der Waals surface area contributed by atoms with Gasteiger partial charge in [0.05, 0.1) is 5.56 Å². The summed E-state index contributed by atoms with van der Waals surface area (Å²) in [5.41, 5.74) is -0.0464. The van der Waals surface area contributed by atoms with E-state index < -0.39 is 5.69 Å². The summed E-state index contributed by atoms with van der Waals surface area (Å²) in [6, 6.07) is -0.149. The summed E-state index contributed by atoms with van der Waals surface area (Å²) in [6.45, 7) is 3.64. The molecule has 4 nitrogen and oxygen atoms in total. The molecule has 0 saturated heterocycles. The number of H-pyrrole nitrogens is 1. The fourth-order valence-electron chi connectivity index (χ4n) is 2.57. The van der Waals surface area contributed by atoms with Crippen molar-refractivity contribution in [2.45, 2.75) is 51.5 Å². The van der Waals surface area contributed by atoms with E-state index in [-0.39, 0.29) is 22.7 Å². The van der Waals surface area contributed by atoms with E-state index in [1.54, 1.807) is 0 Å². The second-order valence-electron chi connectivity index (χ2n) is 4.91. The smallest absolute Gasteiger partial charge is 0.297 e. The van der Waals surface area contributed by atoms with E-state index in [2.05, 4.69) is 4.98 Å². The SMILES string of the molecule is CC(C)n1c(=O)[nH]c(Cl)c(C2CCCC2)c1=O. The summed E-state index contributed by atoms with van der Waals surface area (Å²) in [7, 11) is 0. The minimum absolute atomic E-state index is 0.149. The zero-order valence-electron chi connectivity index (χ0n) is 10.1. The van der Waals surface area contributed by atoms with Gasteiger partial charge in [-0.3, -0.25) is 14.3 Å². The fraction of sp³-hybridized carbons (Fsp3) is 0.667. The normalized spacial score (nSPS) is 16.9. The molecule has 1 aliphatic carbocycles. The molecule has 0 atom stereocenters. The van der Waals surface area contributed by atoms with Crippen LogP contribution in [-0.2, 0) is 0 Å². The zero-order chi connectivity index (χ0) is 12.6. The lowest BCUT2D eigenvalue weighted by molar-refractivity contribution is 0.531. The molecule has 1 fully saturated rings. The number of hydrogen-bond donors (Lipinski definition) is 1. The highest BCUT2D eigenvalue weighted by atomic mass is 35.5. The number of hydrogen-bond acceptors (Lipinski definition) is 2. The van der Waals surface area contributed by atoms with Crippen LogP contribution in [0.15, 0.2) is 9.59 Å². The number of nitrogens with one attached hydrogen (secondary N) is 1. The van der Waals surface area contributed by atoms with Gasteiger partial charge in [-0.05, 0) is 32.6 Å². The number of rotatable bonds is 2. The van der Waals surface area contributed by atoms with Gasteiger partial charge < -0.3 is 0 Å². The minimum Gasteiger partial charge on any atom is -0.297 e. The Morgan fingerprint density at radius 1 is 1.29 bits per heavy atom. The van der Waals surface area contributed by atoms with E-state index in [1.807, 2.05) is 13.8 Å². The van der Waals surface area contributed by atoms with Crippen LogP contribution >= 0.6 is 11.6 Å². The van der Waals surface area contributed by atoms with Crippen LogP contribution < -0.4 is 11.2 Å². The van der Waals surface area contributed by atoms with Gasteiger partial charge >= 0.3 is 5.69 Å². The molecule has 1 heterocycles. The van der Waals surface area contributed by atoms with E-state index in [0.717, 1.165) is 25.7 Å². The van der Waals surface area contributed by atoms with E-state index in [0.29, 0.717) is 5.56 Å². The lowest BCUT2D eigenvalue weighted by Crippen LogP contribution is -2.39. The van der Waals surface area contributed by atoms with Crippen LogP contribution in [0.1, 0.15) is 57.1 Å². The van der Waals surface area contributed by atoms with Gasteiger partial charge in [0.25, 0.3) is 5.56 Å². The quantitative estimate of drug-likeness (QED) is 0.827. The van der Waals surface area contributed by atoms with Crippen LogP contribution in [0, 0.1) is 0 Å². The van der Waals surface area contributed by atoms with Crippen molar-refractivity contribution in [2.24, 2.45) is 0 Å². The maximum Gasteiger partial charge on any atom is 0.329 e. The molecular weight excluding hydrogens is 240 g/mol. The van der Waals surface area contributed by atoms with E-state index >= 15 is 0 Å². The Labute approximate surface area is 105 Å². The zero-order valence-corrected chi connectivity index (χ0v) is 10.9. The molecule has 17 heavy (non-hydrogen) atoms. The van der Waals surface area contributed by atoms with E-state index in [9.17, 15) is 9.59 Å². The van der Waals surface area contributed by atoms with Gasteiger partial charge in [0.1, 0.15) is 5.15 Å². The van der Waals surface area contributed by atoms with Crippen LogP contribution in [-0.4, -0.2) is 9.55 Å². The monoisotopic (exact) mass is 256 g/mol. The van der Waals surface area contributed by atoms with Crippen LogP contribution in [0.4, 0.5) is 0 Å². The van der Waals surface area contributed by atoms with Gasteiger partial charge in [0, 0.05) is 6.04 Å². The topological polar surface area (TPSA) is 54.9 Å². The van der Waals surface area contributed by atoms with Crippen LogP contribution in [0.3, 0.4) is 0 Å². The highest BCUT2D eigenvalue weighted by Gasteiger charge is 2.25. The number of aromatic nitrogens is 2. The molecule has 2 rings (SSSR count). The van der Waals surface area contributed by atoms with Crippen molar-refractivity contribution in [3.8, 4) is 0 Å². The third-order valence-corrected chi connectivity index (χ3v) is 3.70. The molecule has 0 aromatic carbocycles. The molecule has 0 amide bonds. The molecule has 0 unspecified atom stereocenters. The van der Waals surface area contributed by atoms with E-state index in [4.69, 9.17) is 11.6 Å². The summed E-state index contributed by atoms with van der Waals surface area (Å²) in [5.74, 6) is 0.205. The Morgan fingerprint density at radius 3 is 2.41 bits per heavy atom. The molecule has 1 saturated carbocycles. The minimum atomic E-state index is -0.420. The lowest BCUT2D eigenvalue weighted by Gasteiger charge is -2.15. The predicted molar refractivity (Wildman–Crippen MR) is 67.9 cm³/mol. The molecule has 1 aromatic heterocycles. The number of nitrogens with zero attached hydrogens (tertiary/aromatic N) is 1. The Bertz CT molecular complexity index is 524. The van der Waals surface area contributed by atoms with Gasteiger partial charge in [0.2, 0.25) is 0 Å². The maximum atomic E-state index is 12.3. The molecule has 0 spiro atoms. The van der Waals surface area contributed by atoms with Crippen LogP contribution in [0.25, 0.3) is 0 Å². The third kappa shape index (κ3) is 2.18. The van der Waals surface area contributed by atoms with Gasteiger partial charge in [-0.15, -0.1) is 0 Å². The molecule has 1 aliphatic rings. The Balaban J connectivity index is 2.63. The molecule has 94 valence electrons. The summed E-state index contributed by atoms with van der Waals surface area (Å²) in [5, 5.41) is 0.226. The maximum absolute atomic E-state index is 12.3. The first-order chi connectivity index (χ1) is 8.02. The lowest BCUT2D eigenvalue weighted by atomic mass is 10.0. The molecule has 0 aliphatic heterocycles. The first kappa shape index (κ1) is 12.4. The summed E-state index contributed by atoms with van der Waals surface area (Å²) >= 11 is 6.02. The number of halogens is 1. The van der Waals surface area contributed by atoms with Gasteiger partial charge in [0.15, 0.2) is 0 Å². The predicted octanol–water partition coefficient (Wildman–Crippen LogP) is 2.43.